The Balaban J connectivity index is 0.00000888. The molecule has 0 amide bonds. The van der Waals surface area contributed by atoms with E-state index in [2.05, 4.69) is 61.8 Å². The Kier molecular flexibility index (Phi) is 31.5. The van der Waals surface area contributed by atoms with Crippen molar-refractivity contribution < 1.29 is 243 Å². The fourth-order valence-corrected chi connectivity index (χ4v) is 7.20. The number of anilines is 10. The molecule has 0 saturated carbocycles. The summed E-state index contributed by atoms with van der Waals surface area (Å²) in [7, 11) is -10.6. The number of benzene rings is 4. The third-order valence-corrected chi connectivity index (χ3v) is 10.6. The number of carboxylic acid groups (broad SMARTS) is 4. The van der Waals surface area contributed by atoms with E-state index in [1.807, 2.05) is 0 Å². The van der Waals surface area contributed by atoms with Crippen LogP contribution >= 0.6 is 0 Å². The minimum atomic E-state index is -5.31. The predicted octanol–water partition coefficient (Wildman–Crippen LogP) is -19.6. The number of hydrogen-bond acceptors (Lipinski definition) is 26. The van der Waals surface area contributed by atoms with Crippen molar-refractivity contribution in [2.45, 2.75) is 34.7 Å². The van der Waals surface area contributed by atoms with E-state index in [1.165, 1.54) is 12.1 Å². The summed E-state index contributed by atoms with van der Waals surface area (Å²) in [6, 6.07) is 19.4. The first kappa shape index (κ1) is 71.1. The minimum absolute atomic E-state index is 0. The first-order valence-corrected chi connectivity index (χ1v) is 21.9. The van der Waals surface area contributed by atoms with Crippen molar-refractivity contribution >= 4 is 115 Å². The maximum absolute atomic E-state index is 12.6. The third-order valence-electron chi connectivity index (χ3n) is 8.77. The van der Waals surface area contributed by atoms with Gasteiger partial charge in [-0.3, -0.25) is 0 Å². The first-order chi connectivity index (χ1) is 32.2. The van der Waals surface area contributed by atoms with Gasteiger partial charge in [0.1, 0.15) is 20.2 Å². The molecule has 0 aliphatic carbocycles. The van der Waals surface area contributed by atoms with E-state index in [9.17, 15) is 65.5 Å². The molecule has 0 bridgehead atoms. The average Bonchev–Trinajstić information content (AvgIpc) is 3.25. The van der Waals surface area contributed by atoms with Crippen LogP contribution in [0.4, 0.5) is 58.4 Å². The molecule has 6 N–H and O–H groups in total. The van der Waals surface area contributed by atoms with E-state index in [1.54, 1.807) is 60.7 Å². The van der Waals surface area contributed by atoms with Crippen molar-refractivity contribution in [3.63, 3.8) is 0 Å². The number of hydrogen-bond donors (Lipinski definition) is 6. The van der Waals surface area contributed by atoms with Gasteiger partial charge in [-0.05, 0) is 59.7 Å². The van der Waals surface area contributed by atoms with Gasteiger partial charge in [0.2, 0.25) is 35.7 Å². The fourth-order valence-electron chi connectivity index (χ4n) is 5.81. The largest absolute Gasteiger partial charge is 1.00 e. The topological polar surface area (TPSA) is 424 Å². The summed E-state index contributed by atoms with van der Waals surface area (Å²) >= 11 is 0. The van der Waals surface area contributed by atoms with Crippen molar-refractivity contribution in [1.82, 2.24) is 29.9 Å². The molecule has 0 aliphatic heterocycles. The smallest absolute Gasteiger partial charge is 0.744 e. The monoisotopic (exact) mass is 1100 g/mol. The Morgan fingerprint density at radius 3 is 0.986 bits per heavy atom. The van der Waals surface area contributed by atoms with E-state index in [4.69, 9.17) is 0 Å². The van der Waals surface area contributed by atoms with Crippen LogP contribution in [0.15, 0.2) is 107 Å². The molecule has 0 fully saturated rings. The molecular formula is C40H30N12Na6O14S2. The Morgan fingerprint density at radius 2 is 0.716 bits per heavy atom. The van der Waals surface area contributed by atoms with Gasteiger partial charge in [-0.1, -0.05) is 60.7 Å². The Labute approximate surface area is 554 Å². The van der Waals surface area contributed by atoms with Gasteiger partial charge >= 0.3 is 177 Å². The summed E-state index contributed by atoms with van der Waals surface area (Å²) in [4.78, 5) is 68.4. The predicted molar refractivity (Wildman–Crippen MR) is 227 cm³/mol. The Morgan fingerprint density at radius 1 is 0.432 bits per heavy atom. The van der Waals surface area contributed by atoms with E-state index in [0.717, 1.165) is 36.4 Å². The van der Waals surface area contributed by atoms with Crippen molar-refractivity contribution in [1.29, 1.82) is 0 Å². The number of nitrogens with one attached hydrogen (secondary N) is 6. The molecule has 0 radical (unpaired) electrons. The second-order valence-electron chi connectivity index (χ2n) is 13.8. The molecule has 74 heavy (non-hydrogen) atoms. The Bertz CT molecular complexity index is 2950. The molecule has 0 saturated heterocycles. The fraction of sp³-hybridized carbons (Fsp3) is 0.100. The SMILES string of the molecule is O=C([O-])C[C@H](Nc1nc(Nc2ccccc2)nc(Nc2ccc(/C=C/c3ccc(Nc4nc(Nc5ccccc5)nc(N[C@@H](CC(=O)[O-])C(=O)[O-])n4)cc3S(=O)(=O)[O-])c(S(=O)(=O)[O-])c2)n1)C(=O)[O-].[Na+].[Na+].[Na+].[Na+].[Na+].[Na+]. The second-order valence-corrected chi connectivity index (χ2v) is 16.5. The molecular weight excluding hydrogens is 1070 g/mol. The molecule has 352 valence electrons. The quantitative estimate of drug-likeness (QED) is 0.0209. The van der Waals surface area contributed by atoms with E-state index >= 15 is 0 Å². The zero-order chi connectivity index (χ0) is 49.2. The van der Waals surface area contributed by atoms with Crippen LogP contribution in [-0.2, 0) is 39.4 Å². The van der Waals surface area contributed by atoms with Crippen molar-refractivity contribution in [3.05, 3.63) is 108 Å². The molecule has 2 atom stereocenters. The maximum atomic E-state index is 12.6. The summed E-state index contributed by atoms with van der Waals surface area (Å²) < 4.78 is 75.3. The number of para-hydroxylation sites is 2. The van der Waals surface area contributed by atoms with Gasteiger partial charge in [-0.25, -0.2) is 16.8 Å². The molecule has 6 aromatic rings. The summed E-state index contributed by atoms with van der Waals surface area (Å²) in [5.41, 5.74) is 0.0756. The summed E-state index contributed by atoms with van der Waals surface area (Å²) in [5, 5.41) is 61.2. The van der Waals surface area contributed by atoms with E-state index in [0.29, 0.717) is 11.4 Å². The summed E-state index contributed by atoms with van der Waals surface area (Å²) in [6.45, 7) is 0. The van der Waals surface area contributed by atoms with Crippen LogP contribution in [0.2, 0.25) is 0 Å². The number of aromatic nitrogens is 6. The summed E-state index contributed by atoms with van der Waals surface area (Å²) in [5.74, 6) is -9.23. The van der Waals surface area contributed by atoms with Crippen LogP contribution in [-0.4, -0.2) is 91.8 Å². The van der Waals surface area contributed by atoms with Crippen LogP contribution in [0.25, 0.3) is 12.2 Å². The average molecular weight is 1100 g/mol. The van der Waals surface area contributed by atoms with Crippen molar-refractivity contribution in [2.75, 3.05) is 31.9 Å². The van der Waals surface area contributed by atoms with Gasteiger partial charge in [-0.15, -0.1) is 0 Å². The maximum Gasteiger partial charge on any atom is 1.00 e. The first-order valence-electron chi connectivity index (χ1n) is 19.1. The van der Waals surface area contributed by atoms with Crippen LogP contribution in [0.3, 0.4) is 0 Å². The molecule has 0 unspecified atom stereocenters. The van der Waals surface area contributed by atoms with Crippen LogP contribution in [0.5, 0.6) is 0 Å². The second kappa shape index (κ2) is 32.8. The standard InChI is InChI=1S/C40H36N12O14S2.6Na/c53-31(54)19-27(33(57)58)45-39-49-35(41-23-7-3-1-4-8-23)47-37(51-39)43-25-15-13-21(29(17-25)67(61,62)63)11-12-22-14-16-26(18-30(22)68(64,65)66)44-38-48-36(42-24-9-5-2-6-10-24)50-40(52-38)46-28(34(59)60)20-32(55)56;;;;;;/h1-18,27-28H,19-20H2,(H,53,54)(H,55,56)(H,57,58)(H,59,60)(H,61,62,63)(H,64,65,66)(H3,41,43,45,47,49,51)(H3,42,44,46,48,50,52);;;;;;/q;6*+1/p-6/b12-11+;;;;;;/t27-,28-;;;;;;/m0....../s1. The van der Waals surface area contributed by atoms with Crippen LogP contribution in [0, 0.1) is 0 Å². The van der Waals surface area contributed by atoms with Crippen molar-refractivity contribution in [2.24, 2.45) is 0 Å². The van der Waals surface area contributed by atoms with Gasteiger partial charge < -0.3 is 80.6 Å². The molecule has 2 aromatic heterocycles. The van der Waals surface area contributed by atoms with Gasteiger partial charge in [-0.2, -0.15) is 29.9 Å². The normalized spacial score (nSPS) is 11.3. The van der Waals surface area contributed by atoms with Gasteiger partial charge in [0.15, 0.2) is 0 Å². The van der Waals surface area contributed by atoms with E-state index in [-0.39, 0.29) is 224 Å². The minimum Gasteiger partial charge on any atom is -0.744 e. The zero-order valence-corrected chi connectivity index (χ0v) is 53.8. The van der Waals surface area contributed by atoms with Crippen LogP contribution in [0.1, 0.15) is 24.0 Å². The van der Waals surface area contributed by atoms with Gasteiger partial charge in [0, 0.05) is 47.5 Å². The van der Waals surface area contributed by atoms with Gasteiger partial charge in [0.25, 0.3) is 0 Å². The Hall–Kier alpha value is -2.86. The molecule has 26 nitrogen and oxygen atoms in total. The van der Waals surface area contributed by atoms with Crippen LogP contribution < -0.4 is 230 Å². The number of nitrogens with zero attached hydrogens (tertiary/aromatic N) is 6. The zero-order valence-electron chi connectivity index (χ0n) is 40.2. The number of carboxylic acids is 4. The number of aliphatic carboxylic acids is 4. The summed E-state index contributed by atoms with van der Waals surface area (Å²) in [6.07, 6.45) is -0.0198. The molecule has 6 rings (SSSR count). The van der Waals surface area contributed by atoms with Gasteiger partial charge in [0.05, 0.1) is 33.8 Å². The molecule has 4 aromatic carbocycles. The van der Waals surface area contributed by atoms with E-state index < -0.39 is 90.7 Å². The third kappa shape index (κ3) is 22.2. The molecule has 2 heterocycles. The number of carbonyl (C=O) groups excluding carboxylic acids is 4. The number of carbonyl (C=O) groups is 4. The molecule has 0 aliphatic rings. The van der Waals surface area contributed by atoms with Crippen molar-refractivity contribution in [3.8, 4) is 0 Å². The molecule has 0 spiro atoms. The molecule has 34 heteroatoms. The number of rotatable bonds is 22.